The van der Waals surface area contributed by atoms with E-state index in [0.29, 0.717) is 26.2 Å². The first-order chi connectivity index (χ1) is 10.0. The van der Waals surface area contributed by atoms with Crippen molar-refractivity contribution in [2.45, 2.75) is 19.4 Å². The van der Waals surface area contributed by atoms with Crippen molar-refractivity contribution in [3.8, 4) is 5.75 Å². The van der Waals surface area contributed by atoms with Crippen LogP contribution in [0, 0.1) is 5.82 Å². The normalized spacial score (nSPS) is 18.0. The number of rotatable bonds is 5. The van der Waals surface area contributed by atoms with Crippen molar-refractivity contribution in [1.82, 2.24) is 10.2 Å². The molecule has 0 radical (unpaired) electrons. The van der Waals surface area contributed by atoms with Crippen LogP contribution >= 0.6 is 11.6 Å². The van der Waals surface area contributed by atoms with E-state index in [1.807, 2.05) is 0 Å². The molecule has 1 N–H and O–H groups in total. The molecule has 118 valence electrons. The van der Waals surface area contributed by atoms with Gasteiger partial charge in [0.25, 0.3) is 6.43 Å². The van der Waals surface area contributed by atoms with Crippen LogP contribution in [-0.2, 0) is 0 Å². The Bertz CT molecular complexity index is 458. The lowest BCUT2D eigenvalue weighted by atomic mass is 10.0. The van der Waals surface area contributed by atoms with E-state index in [1.54, 1.807) is 11.8 Å². The highest BCUT2D eigenvalue weighted by Gasteiger charge is 2.31. The lowest BCUT2D eigenvalue weighted by Crippen LogP contribution is -2.46. The Balaban J connectivity index is 2.32. The summed E-state index contributed by atoms with van der Waals surface area (Å²) in [7, 11) is 0. The van der Waals surface area contributed by atoms with Gasteiger partial charge in [0.2, 0.25) is 0 Å². The van der Waals surface area contributed by atoms with Gasteiger partial charge in [-0.3, -0.25) is 4.90 Å². The zero-order valence-electron chi connectivity index (χ0n) is 11.7. The molecule has 1 heterocycles. The highest BCUT2D eigenvalue weighted by atomic mass is 35.5. The summed E-state index contributed by atoms with van der Waals surface area (Å²) in [6.45, 7) is 4.20. The summed E-state index contributed by atoms with van der Waals surface area (Å²) in [5, 5.41) is 3.12. The Kier molecular flexibility index (Phi) is 5.72. The minimum Gasteiger partial charge on any atom is -0.489 e. The fraction of sp³-hybridized carbons (Fsp3) is 0.571. The molecule has 3 nitrogen and oxygen atoms in total. The Morgan fingerprint density at radius 2 is 2.00 bits per heavy atom. The number of ether oxygens (including phenoxy) is 1. The van der Waals surface area contributed by atoms with Crippen molar-refractivity contribution in [3.63, 3.8) is 0 Å². The number of alkyl halides is 2. The number of hydrogen-bond donors (Lipinski definition) is 1. The van der Waals surface area contributed by atoms with Gasteiger partial charge in [-0.15, -0.1) is 0 Å². The van der Waals surface area contributed by atoms with Crippen LogP contribution in [0.15, 0.2) is 12.1 Å². The maximum absolute atomic E-state index is 14.0. The number of piperazine rings is 1. The van der Waals surface area contributed by atoms with Gasteiger partial charge in [0.15, 0.2) is 11.6 Å². The Morgan fingerprint density at radius 1 is 1.33 bits per heavy atom. The van der Waals surface area contributed by atoms with Gasteiger partial charge in [-0.05, 0) is 24.6 Å². The fourth-order valence-electron chi connectivity index (χ4n) is 2.51. The standard InChI is InChI=1S/C14H18ClF3N2O/c1-2-21-13-10(15)7-9(8-11(13)16)12(14(17)18)20-5-3-19-4-6-20/h7-8,12,14,19H,2-6H2,1H3/t12-/m0/s1. The highest BCUT2D eigenvalue weighted by molar-refractivity contribution is 6.32. The van der Waals surface area contributed by atoms with E-state index in [2.05, 4.69) is 5.32 Å². The van der Waals surface area contributed by atoms with Gasteiger partial charge in [0.1, 0.15) is 0 Å². The molecule has 0 saturated carbocycles. The Hall–Kier alpha value is -0.980. The molecule has 1 atom stereocenters. The van der Waals surface area contributed by atoms with E-state index in [4.69, 9.17) is 16.3 Å². The molecule has 1 fully saturated rings. The third-order valence-corrected chi connectivity index (χ3v) is 3.72. The molecule has 1 saturated heterocycles. The Labute approximate surface area is 127 Å². The quantitative estimate of drug-likeness (QED) is 0.901. The van der Waals surface area contributed by atoms with Gasteiger partial charge >= 0.3 is 0 Å². The van der Waals surface area contributed by atoms with Crippen molar-refractivity contribution in [2.75, 3.05) is 32.8 Å². The molecule has 1 aliphatic heterocycles. The summed E-state index contributed by atoms with van der Waals surface area (Å²) in [5.41, 5.74) is 0.179. The molecule has 0 spiro atoms. The molecule has 0 aliphatic carbocycles. The van der Waals surface area contributed by atoms with Crippen LogP contribution in [0.2, 0.25) is 5.02 Å². The highest BCUT2D eigenvalue weighted by Crippen LogP contribution is 2.35. The second-order valence-corrected chi connectivity index (χ2v) is 5.22. The number of nitrogens with zero attached hydrogens (tertiary/aromatic N) is 1. The summed E-state index contributed by atoms with van der Waals surface area (Å²) in [5.74, 6) is -0.795. The van der Waals surface area contributed by atoms with Gasteiger partial charge in [0.05, 0.1) is 17.7 Å². The van der Waals surface area contributed by atoms with Gasteiger partial charge in [-0.1, -0.05) is 11.6 Å². The van der Waals surface area contributed by atoms with E-state index in [9.17, 15) is 13.2 Å². The van der Waals surface area contributed by atoms with Gasteiger partial charge < -0.3 is 10.1 Å². The predicted octanol–water partition coefficient (Wildman–Crippen LogP) is 3.09. The van der Waals surface area contributed by atoms with Crippen LogP contribution in [0.3, 0.4) is 0 Å². The molecular formula is C14H18ClF3N2O. The minimum absolute atomic E-state index is 0.0210. The van der Waals surface area contributed by atoms with E-state index in [0.717, 1.165) is 6.07 Å². The first-order valence-corrected chi connectivity index (χ1v) is 7.27. The van der Waals surface area contributed by atoms with E-state index in [-0.39, 0.29) is 22.9 Å². The SMILES string of the molecule is CCOc1c(F)cc([C@@H](C(F)F)N2CCNCC2)cc1Cl. The summed E-state index contributed by atoms with van der Waals surface area (Å²) in [6, 6.07) is 1.30. The second-order valence-electron chi connectivity index (χ2n) is 4.81. The zero-order chi connectivity index (χ0) is 15.4. The molecule has 1 aromatic rings. The van der Waals surface area contributed by atoms with E-state index in [1.165, 1.54) is 6.07 Å². The van der Waals surface area contributed by atoms with Crippen LogP contribution < -0.4 is 10.1 Å². The lowest BCUT2D eigenvalue weighted by Gasteiger charge is -2.34. The largest absolute Gasteiger partial charge is 0.489 e. The third-order valence-electron chi connectivity index (χ3n) is 3.43. The first-order valence-electron chi connectivity index (χ1n) is 6.89. The van der Waals surface area contributed by atoms with Crippen molar-refractivity contribution < 1.29 is 17.9 Å². The number of hydrogen-bond acceptors (Lipinski definition) is 3. The molecule has 0 aromatic heterocycles. The van der Waals surface area contributed by atoms with Crippen LogP contribution in [0.4, 0.5) is 13.2 Å². The molecule has 0 amide bonds. The predicted molar refractivity (Wildman–Crippen MR) is 75.8 cm³/mol. The molecule has 2 rings (SSSR count). The van der Waals surface area contributed by atoms with Crippen LogP contribution in [0.5, 0.6) is 5.75 Å². The first kappa shape index (κ1) is 16.4. The third kappa shape index (κ3) is 3.81. The van der Waals surface area contributed by atoms with E-state index < -0.39 is 18.3 Å². The second kappa shape index (κ2) is 7.33. The van der Waals surface area contributed by atoms with Crippen LogP contribution in [0.25, 0.3) is 0 Å². The molecule has 0 bridgehead atoms. The summed E-state index contributed by atoms with van der Waals surface area (Å²) < 4.78 is 45.9. The van der Waals surface area contributed by atoms with Gasteiger partial charge in [-0.25, -0.2) is 13.2 Å². The van der Waals surface area contributed by atoms with E-state index >= 15 is 0 Å². The van der Waals surface area contributed by atoms with Crippen LogP contribution in [0.1, 0.15) is 18.5 Å². The van der Waals surface area contributed by atoms with Crippen molar-refractivity contribution in [1.29, 1.82) is 0 Å². The molecule has 1 aliphatic rings. The van der Waals surface area contributed by atoms with Gasteiger partial charge in [0, 0.05) is 26.2 Å². The van der Waals surface area contributed by atoms with Gasteiger partial charge in [-0.2, -0.15) is 0 Å². The fourth-order valence-corrected chi connectivity index (χ4v) is 2.78. The van der Waals surface area contributed by atoms with Crippen molar-refractivity contribution in [2.24, 2.45) is 0 Å². The monoisotopic (exact) mass is 322 g/mol. The molecule has 1 aromatic carbocycles. The topological polar surface area (TPSA) is 24.5 Å². The molecule has 21 heavy (non-hydrogen) atoms. The molecular weight excluding hydrogens is 305 g/mol. The summed E-state index contributed by atoms with van der Waals surface area (Å²) >= 11 is 5.96. The average Bonchev–Trinajstić information content (AvgIpc) is 2.44. The van der Waals surface area contributed by atoms with Crippen LogP contribution in [-0.4, -0.2) is 44.1 Å². The summed E-state index contributed by atoms with van der Waals surface area (Å²) in [4.78, 5) is 1.65. The zero-order valence-corrected chi connectivity index (χ0v) is 12.5. The number of benzene rings is 1. The average molecular weight is 323 g/mol. The smallest absolute Gasteiger partial charge is 0.258 e. The molecule has 7 heteroatoms. The maximum atomic E-state index is 14.0. The van der Waals surface area contributed by atoms with Crippen molar-refractivity contribution in [3.05, 3.63) is 28.5 Å². The lowest BCUT2D eigenvalue weighted by molar-refractivity contribution is 0.0180. The minimum atomic E-state index is -2.61. The maximum Gasteiger partial charge on any atom is 0.258 e. The summed E-state index contributed by atoms with van der Waals surface area (Å²) in [6.07, 6.45) is -2.61. The molecule has 0 unspecified atom stereocenters. The Morgan fingerprint density at radius 3 is 2.52 bits per heavy atom. The van der Waals surface area contributed by atoms with Crippen molar-refractivity contribution >= 4 is 11.6 Å². The number of halogens is 4. The number of nitrogens with one attached hydrogen (secondary N) is 1.